The fourth-order valence-corrected chi connectivity index (χ4v) is 3.31. The van der Waals surface area contributed by atoms with E-state index in [1.807, 2.05) is 32.9 Å². The average Bonchev–Trinajstić information content (AvgIpc) is 2.62. The van der Waals surface area contributed by atoms with E-state index in [2.05, 4.69) is 35.0 Å². The third-order valence-corrected chi connectivity index (χ3v) is 4.44. The highest BCUT2D eigenvalue weighted by Gasteiger charge is 2.14. The number of halogens is 1. The van der Waals surface area contributed by atoms with Gasteiger partial charge in [-0.1, -0.05) is 15.9 Å². The van der Waals surface area contributed by atoms with Crippen LogP contribution in [0.1, 0.15) is 31.2 Å². The summed E-state index contributed by atoms with van der Waals surface area (Å²) >= 11 is 5.16. The molecule has 20 heavy (non-hydrogen) atoms. The molecule has 0 bridgehead atoms. The lowest BCUT2D eigenvalue weighted by Gasteiger charge is -2.17. The average molecular weight is 353 g/mol. The van der Waals surface area contributed by atoms with E-state index in [1.54, 1.807) is 11.3 Å². The van der Waals surface area contributed by atoms with E-state index in [0.29, 0.717) is 0 Å². The lowest BCUT2D eigenvalue weighted by molar-refractivity contribution is -0.148. The quantitative estimate of drug-likeness (QED) is 0.539. The minimum Gasteiger partial charge on any atom is -0.457 e. The molecule has 1 heterocycles. The van der Waals surface area contributed by atoms with Crippen LogP contribution in [0.3, 0.4) is 0 Å². The van der Waals surface area contributed by atoms with Crippen molar-refractivity contribution in [2.45, 2.75) is 33.3 Å². The van der Waals surface area contributed by atoms with Crippen molar-refractivity contribution in [2.24, 2.45) is 0 Å². The smallest absolute Gasteiger partial charge is 0.331 e. The van der Waals surface area contributed by atoms with Crippen LogP contribution in [0.2, 0.25) is 0 Å². The third kappa shape index (κ3) is 3.70. The Balaban J connectivity index is 2.26. The van der Waals surface area contributed by atoms with Gasteiger partial charge in [-0.2, -0.15) is 0 Å². The standard InChI is InChI=1S/C16H17BrO2S/c1-10-12-9-11(17)5-6-14(12)20-13(10)7-8-15(18)19-16(2,3)4/h5-9H,1-4H3/b8-7+. The first-order valence-corrected chi connectivity index (χ1v) is 7.97. The maximum absolute atomic E-state index is 11.7. The van der Waals surface area contributed by atoms with E-state index in [0.717, 1.165) is 9.35 Å². The molecule has 0 atom stereocenters. The maximum Gasteiger partial charge on any atom is 0.331 e. The van der Waals surface area contributed by atoms with Crippen molar-refractivity contribution >= 4 is 49.4 Å². The largest absolute Gasteiger partial charge is 0.457 e. The Morgan fingerprint density at radius 1 is 1.35 bits per heavy atom. The number of rotatable bonds is 2. The summed E-state index contributed by atoms with van der Waals surface area (Å²) in [6, 6.07) is 6.22. The zero-order valence-corrected chi connectivity index (χ0v) is 14.4. The number of hydrogen-bond acceptors (Lipinski definition) is 3. The highest BCUT2D eigenvalue weighted by molar-refractivity contribution is 9.10. The van der Waals surface area contributed by atoms with Gasteiger partial charge in [-0.25, -0.2) is 4.79 Å². The predicted molar refractivity (Wildman–Crippen MR) is 89.1 cm³/mol. The summed E-state index contributed by atoms with van der Waals surface area (Å²) in [4.78, 5) is 12.8. The van der Waals surface area contributed by atoms with Crippen LogP contribution in [-0.4, -0.2) is 11.6 Å². The van der Waals surface area contributed by atoms with E-state index in [-0.39, 0.29) is 5.97 Å². The Kier molecular flexibility index (Phi) is 4.35. The lowest BCUT2D eigenvalue weighted by atomic mass is 10.1. The van der Waals surface area contributed by atoms with Crippen LogP contribution in [-0.2, 0) is 9.53 Å². The van der Waals surface area contributed by atoms with Gasteiger partial charge in [0.25, 0.3) is 0 Å². The van der Waals surface area contributed by atoms with Crippen molar-refractivity contribution in [3.05, 3.63) is 39.2 Å². The first-order valence-electron chi connectivity index (χ1n) is 6.36. The number of fused-ring (bicyclic) bond motifs is 1. The van der Waals surface area contributed by atoms with Gasteiger partial charge in [-0.3, -0.25) is 0 Å². The second kappa shape index (κ2) is 5.70. The van der Waals surface area contributed by atoms with Crippen molar-refractivity contribution in [3.63, 3.8) is 0 Å². The zero-order valence-electron chi connectivity index (χ0n) is 12.0. The van der Waals surface area contributed by atoms with Gasteiger partial charge in [0.2, 0.25) is 0 Å². The lowest BCUT2D eigenvalue weighted by Crippen LogP contribution is -2.22. The summed E-state index contributed by atoms with van der Waals surface area (Å²) in [5.74, 6) is -0.310. The summed E-state index contributed by atoms with van der Waals surface area (Å²) in [5, 5.41) is 1.22. The van der Waals surface area contributed by atoms with Crippen LogP contribution in [0, 0.1) is 6.92 Å². The van der Waals surface area contributed by atoms with Crippen molar-refractivity contribution in [1.29, 1.82) is 0 Å². The van der Waals surface area contributed by atoms with E-state index in [9.17, 15) is 4.79 Å². The number of esters is 1. The summed E-state index contributed by atoms with van der Waals surface area (Å²) in [6.07, 6.45) is 3.33. The Labute approximate surface area is 131 Å². The monoisotopic (exact) mass is 352 g/mol. The number of hydrogen-bond donors (Lipinski definition) is 0. The first-order chi connectivity index (χ1) is 9.26. The molecule has 0 radical (unpaired) electrons. The molecular weight excluding hydrogens is 336 g/mol. The van der Waals surface area contributed by atoms with Gasteiger partial charge in [0.05, 0.1) is 0 Å². The summed E-state index contributed by atoms with van der Waals surface area (Å²) in [7, 11) is 0. The molecule has 1 aromatic carbocycles. The van der Waals surface area contributed by atoms with E-state index in [1.165, 1.54) is 21.7 Å². The number of benzene rings is 1. The van der Waals surface area contributed by atoms with Gasteiger partial charge < -0.3 is 4.74 Å². The summed E-state index contributed by atoms with van der Waals surface area (Å²) in [6.45, 7) is 7.66. The van der Waals surface area contributed by atoms with Crippen LogP contribution in [0.4, 0.5) is 0 Å². The van der Waals surface area contributed by atoms with Crippen LogP contribution in [0.15, 0.2) is 28.7 Å². The number of carbonyl (C=O) groups is 1. The molecule has 0 amide bonds. The molecule has 2 rings (SSSR count). The second-order valence-corrected chi connectivity index (χ2v) is 7.60. The molecule has 4 heteroatoms. The Morgan fingerprint density at radius 2 is 2.05 bits per heavy atom. The van der Waals surface area contributed by atoms with Gasteiger partial charge in [0, 0.05) is 20.1 Å². The fourth-order valence-electron chi connectivity index (χ4n) is 1.85. The molecule has 0 saturated heterocycles. The minimum atomic E-state index is -0.457. The maximum atomic E-state index is 11.7. The number of ether oxygens (including phenoxy) is 1. The molecule has 0 aliphatic heterocycles. The van der Waals surface area contributed by atoms with Crippen molar-refractivity contribution in [1.82, 2.24) is 0 Å². The molecule has 0 spiro atoms. The molecule has 106 valence electrons. The molecular formula is C16H17BrO2S. The van der Waals surface area contributed by atoms with E-state index < -0.39 is 5.60 Å². The Hall–Kier alpha value is -1.13. The molecule has 2 nitrogen and oxygen atoms in total. The van der Waals surface area contributed by atoms with Crippen molar-refractivity contribution < 1.29 is 9.53 Å². The van der Waals surface area contributed by atoms with E-state index >= 15 is 0 Å². The van der Waals surface area contributed by atoms with Crippen molar-refractivity contribution in [2.75, 3.05) is 0 Å². The molecule has 0 aliphatic rings. The predicted octanol–water partition coefficient (Wildman–Crippen LogP) is 5.33. The van der Waals surface area contributed by atoms with Gasteiger partial charge in [0.15, 0.2) is 0 Å². The van der Waals surface area contributed by atoms with Crippen LogP contribution >= 0.6 is 27.3 Å². The highest BCUT2D eigenvalue weighted by Crippen LogP contribution is 2.33. The van der Waals surface area contributed by atoms with Gasteiger partial charge in [-0.15, -0.1) is 11.3 Å². The SMILES string of the molecule is Cc1c(/C=C/C(=O)OC(C)(C)C)sc2ccc(Br)cc12. The van der Waals surface area contributed by atoms with Crippen molar-refractivity contribution in [3.8, 4) is 0 Å². The Morgan fingerprint density at radius 3 is 2.70 bits per heavy atom. The number of carbonyl (C=O) groups excluding carboxylic acids is 1. The molecule has 0 aliphatic carbocycles. The molecule has 1 aromatic heterocycles. The van der Waals surface area contributed by atoms with Gasteiger partial charge >= 0.3 is 5.97 Å². The minimum absolute atomic E-state index is 0.310. The summed E-state index contributed by atoms with van der Waals surface area (Å²) in [5.41, 5.74) is 0.729. The Bertz CT molecular complexity index is 678. The number of aryl methyl sites for hydroxylation is 1. The van der Waals surface area contributed by atoms with Gasteiger partial charge in [-0.05, 0) is 62.9 Å². The van der Waals surface area contributed by atoms with Crippen LogP contribution in [0.5, 0.6) is 0 Å². The normalized spacial score (nSPS) is 12.2. The van der Waals surface area contributed by atoms with Crippen LogP contribution < -0.4 is 0 Å². The number of thiophene rings is 1. The molecule has 0 saturated carbocycles. The molecule has 0 unspecified atom stereocenters. The second-order valence-electron chi connectivity index (χ2n) is 5.60. The fraction of sp³-hybridized carbons (Fsp3) is 0.312. The molecule has 0 N–H and O–H groups in total. The zero-order chi connectivity index (χ0) is 14.9. The molecule has 0 fully saturated rings. The summed E-state index contributed by atoms with van der Waals surface area (Å²) < 4.78 is 7.54. The molecule has 2 aromatic rings. The topological polar surface area (TPSA) is 26.3 Å². The third-order valence-electron chi connectivity index (χ3n) is 2.71. The van der Waals surface area contributed by atoms with Gasteiger partial charge in [0.1, 0.15) is 5.60 Å². The highest BCUT2D eigenvalue weighted by atomic mass is 79.9. The van der Waals surface area contributed by atoms with E-state index in [4.69, 9.17) is 4.74 Å². The first kappa shape index (κ1) is 15.3. The van der Waals surface area contributed by atoms with Crippen LogP contribution in [0.25, 0.3) is 16.2 Å².